The zero-order valence-electron chi connectivity index (χ0n) is 12.6. The summed E-state index contributed by atoms with van der Waals surface area (Å²) in [5.41, 5.74) is 7.46. The Bertz CT molecular complexity index is 587. The van der Waals surface area contributed by atoms with E-state index in [2.05, 4.69) is 11.6 Å². The lowest BCUT2D eigenvalue weighted by molar-refractivity contribution is 0.0884. The molecular weight excluding hydrogens is 288 g/mol. The molecule has 1 aliphatic rings. The van der Waals surface area contributed by atoms with Gasteiger partial charge < -0.3 is 10.5 Å². The number of sulfonamides is 1. The van der Waals surface area contributed by atoms with Gasteiger partial charge in [-0.2, -0.15) is 0 Å². The van der Waals surface area contributed by atoms with Crippen molar-refractivity contribution in [3.05, 3.63) is 29.3 Å². The molecule has 118 valence electrons. The molecule has 5 nitrogen and oxygen atoms in total. The molecule has 2 atom stereocenters. The molecule has 0 amide bonds. The van der Waals surface area contributed by atoms with Crippen LogP contribution < -0.4 is 10.5 Å². The average molecular weight is 312 g/mol. The van der Waals surface area contributed by atoms with E-state index in [1.54, 1.807) is 18.2 Å². The summed E-state index contributed by atoms with van der Waals surface area (Å²) < 4.78 is 33.0. The maximum atomic E-state index is 12.4. The van der Waals surface area contributed by atoms with Crippen LogP contribution in [0, 0.1) is 12.8 Å². The van der Waals surface area contributed by atoms with Crippen LogP contribution in [0.15, 0.2) is 23.1 Å². The second kappa shape index (κ2) is 6.87. The molecule has 0 spiro atoms. The van der Waals surface area contributed by atoms with Crippen LogP contribution in [0.3, 0.4) is 0 Å². The standard InChI is InChI=1S/C15H24N2O3S/c1-3-15-13(6-7-20-15)10-17-21(18,19)14-5-4-12(9-16)11(2)8-14/h4-5,8,13,15,17H,3,6-7,9-10,16H2,1-2H3. The van der Waals surface area contributed by atoms with E-state index in [0.29, 0.717) is 18.0 Å². The molecule has 1 fully saturated rings. The largest absolute Gasteiger partial charge is 0.378 e. The number of ether oxygens (including phenoxy) is 1. The van der Waals surface area contributed by atoms with E-state index in [9.17, 15) is 8.42 Å². The Kier molecular flexibility index (Phi) is 5.37. The molecule has 0 aliphatic carbocycles. The van der Waals surface area contributed by atoms with E-state index < -0.39 is 10.0 Å². The van der Waals surface area contributed by atoms with Gasteiger partial charge in [0.25, 0.3) is 0 Å². The minimum atomic E-state index is -3.47. The van der Waals surface area contributed by atoms with Gasteiger partial charge in [-0.3, -0.25) is 0 Å². The molecule has 0 bridgehead atoms. The van der Waals surface area contributed by atoms with Gasteiger partial charge in [-0.25, -0.2) is 13.1 Å². The lowest BCUT2D eigenvalue weighted by Crippen LogP contribution is -2.32. The van der Waals surface area contributed by atoms with Gasteiger partial charge in [0.1, 0.15) is 0 Å². The first-order chi connectivity index (χ1) is 9.97. The minimum Gasteiger partial charge on any atom is -0.378 e. The Hall–Kier alpha value is -0.950. The van der Waals surface area contributed by atoms with Gasteiger partial charge in [-0.05, 0) is 43.0 Å². The number of rotatable bonds is 6. The van der Waals surface area contributed by atoms with E-state index in [4.69, 9.17) is 10.5 Å². The Balaban J connectivity index is 2.06. The first-order valence-corrected chi connectivity index (χ1v) is 8.87. The first kappa shape index (κ1) is 16.4. The second-order valence-corrected chi connectivity index (χ2v) is 7.28. The Morgan fingerprint density at radius 3 is 2.81 bits per heavy atom. The average Bonchev–Trinajstić information content (AvgIpc) is 2.92. The fourth-order valence-corrected chi connectivity index (χ4v) is 3.92. The molecule has 1 saturated heterocycles. The third-order valence-corrected chi connectivity index (χ3v) is 5.55. The number of hydrogen-bond donors (Lipinski definition) is 2. The lowest BCUT2D eigenvalue weighted by Gasteiger charge is -2.17. The molecule has 1 aliphatic heterocycles. The van der Waals surface area contributed by atoms with Gasteiger partial charge >= 0.3 is 0 Å². The van der Waals surface area contributed by atoms with E-state index in [1.165, 1.54) is 0 Å². The van der Waals surface area contributed by atoms with Gasteiger partial charge in [0.05, 0.1) is 11.0 Å². The van der Waals surface area contributed by atoms with Crippen molar-refractivity contribution >= 4 is 10.0 Å². The topological polar surface area (TPSA) is 81.4 Å². The third-order valence-electron chi connectivity index (χ3n) is 4.13. The predicted molar refractivity (Wildman–Crippen MR) is 82.4 cm³/mol. The molecule has 2 unspecified atom stereocenters. The zero-order chi connectivity index (χ0) is 15.5. The minimum absolute atomic E-state index is 0.161. The van der Waals surface area contributed by atoms with E-state index in [0.717, 1.165) is 30.6 Å². The molecule has 6 heteroatoms. The Labute approximate surface area is 126 Å². The summed E-state index contributed by atoms with van der Waals surface area (Å²) in [6.45, 7) is 5.50. The third kappa shape index (κ3) is 3.83. The highest BCUT2D eigenvalue weighted by molar-refractivity contribution is 7.89. The Morgan fingerprint density at radius 2 is 2.19 bits per heavy atom. The number of nitrogens with one attached hydrogen (secondary N) is 1. The number of hydrogen-bond acceptors (Lipinski definition) is 4. The van der Waals surface area contributed by atoms with Gasteiger partial charge in [0, 0.05) is 25.6 Å². The molecule has 0 aromatic heterocycles. The maximum absolute atomic E-state index is 12.4. The monoisotopic (exact) mass is 312 g/mol. The van der Waals surface area contributed by atoms with E-state index in [-0.39, 0.29) is 12.0 Å². The van der Waals surface area contributed by atoms with Crippen LogP contribution >= 0.6 is 0 Å². The van der Waals surface area contributed by atoms with Crippen molar-refractivity contribution in [2.75, 3.05) is 13.2 Å². The molecule has 21 heavy (non-hydrogen) atoms. The van der Waals surface area contributed by atoms with Crippen LogP contribution in [0.4, 0.5) is 0 Å². The van der Waals surface area contributed by atoms with Crippen LogP contribution in [-0.2, 0) is 21.3 Å². The van der Waals surface area contributed by atoms with Crippen molar-refractivity contribution in [3.63, 3.8) is 0 Å². The van der Waals surface area contributed by atoms with Crippen LogP contribution in [0.5, 0.6) is 0 Å². The van der Waals surface area contributed by atoms with Gasteiger partial charge in [-0.15, -0.1) is 0 Å². The summed E-state index contributed by atoms with van der Waals surface area (Å²) in [6, 6.07) is 5.06. The van der Waals surface area contributed by atoms with Crippen LogP contribution in [0.2, 0.25) is 0 Å². The molecule has 0 radical (unpaired) electrons. The van der Waals surface area contributed by atoms with Crippen molar-refractivity contribution in [1.29, 1.82) is 0 Å². The molecule has 1 aromatic rings. The molecule has 3 N–H and O–H groups in total. The first-order valence-electron chi connectivity index (χ1n) is 7.38. The zero-order valence-corrected chi connectivity index (χ0v) is 13.4. The summed E-state index contributed by atoms with van der Waals surface area (Å²) in [6.07, 6.45) is 1.98. The maximum Gasteiger partial charge on any atom is 0.240 e. The van der Waals surface area contributed by atoms with Gasteiger partial charge in [0.2, 0.25) is 10.0 Å². The molecular formula is C15H24N2O3S. The van der Waals surface area contributed by atoms with Crippen molar-refractivity contribution in [2.45, 2.75) is 44.2 Å². The van der Waals surface area contributed by atoms with Crippen LogP contribution in [0.25, 0.3) is 0 Å². The number of aryl methyl sites for hydroxylation is 1. The molecule has 1 heterocycles. The SMILES string of the molecule is CCC1OCCC1CNS(=O)(=O)c1ccc(CN)c(C)c1. The summed E-state index contributed by atoms with van der Waals surface area (Å²) in [4.78, 5) is 0.296. The van der Waals surface area contributed by atoms with Gasteiger partial charge in [0.15, 0.2) is 0 Å². The number of nitrogens with two attached hydrogens (primary N) is 1. The van der Waals surface area contributed by atoms with E-state index in [1.807, 2.05) is 6.92 Å². The van der Waals surface area contributed by atoms with Crippen LogP contribution in [-0.4, -0.2) is 27.7 Å². The van der Waals surface area contributed by atoms with Crippen molar-refractivity contribution in [1.82, 2.24) is 4.72 Å². The second-order valence-electron chi connectivity index (χ2n) is 5.51. The van der Waals surface area contributed by atoms with Crippen LogP contribution in [0.1, 0.15) is 30.9 Å². The highest BCUT2D eigenvalue weighted by atomic mass is 32.2. The summed E-state index contributed by atoms with van der Waals surface area (Å²) in [7, 11) is -3.47. The normalized spacial score (nSPS) is 22.6. The molecule has 1 aromatic carbocycles. The van der Waals surface area contributed by atoms with E-state index >= 15 is 0 Å². The smallest absolute Gasteiger partial charge is 0.240 e. The van der Waals surface area contributed by atoms with Crippen molar-refractivity contribution in [2.24, 2.45) is 11.7 Å². The highest BCUT2D eigenvalue weighted by Gasteiger charge is 2.28. The molecule has 2 rings (SSSR count). The summed E-state index contributed by atoms with van der Waals surface area (Å²) >= 11 is 0. The molecule has 0 saturated carbocycles. The quantitative estimate of drug-likeness (QED) is 0.835. The van der Waals surface area contributed by atoms with Gasteiger partial charge in [-0.1, -0.05) is 13.0 Å². The lowest BCUT2D eigenvalue weighted by atomic mass is 10.0. The summed E-state index contributed by atoms with van der Waals surface area (Å²) in [5.74, 6) is 0.259. The summed E-state index contributed by atoms with van der Waals surface area (Å²) in [5, 5.41) is 0. The highest BCUT2D eigenvalue weighted by Crippen LogP contribution is 2.23. The van der Waals surface area contributed by atoms with Crippen molar-refractivity contribution < 1.29 is 13.2 Å². The fraction of sp³-hybridized carbons (Fsp3) is 0.600. The number of benzene rings is 1. The van der Waals surface area contributed by atoms with Crippen molar-refractivity contribution in [3.8, 4) is 0 Å². The Morgan fingerprint density at radius 1 is 1.43 bits per heavy atom. The predicted octanol–water partition coefficient (Wildman–Crippen LogP) is 1.55. The fourth-order valence-electron chi connectivity index (χ4n) is 2.74.